The van der Waals surface area contributed by atoms with Crippen LogP contribution in [-0.4, -0.2) is 32.7 Å². The Kier molecular flexibility index (Phi) is 7.89. The number of rotatable bonds is 9. The van der Waals surface area contributed by atoms with Crippen molar-refractivity contribution in [2.45, 2.75) is 59.7 Å². The highest BCUT2D eigenvalue weighted by Gasteiger charge is 2.31. The quantitative estimate of drug-likeness (QED) is 0.651. The van der Waals surface area contributed by atoms with Crippen molar-refractivity contribution in [2.24, 2.45) is 0 Å². The largest absolute Gasteiger partial charge is 0.491 e. The summed E-state index contributed by atoms with van der Waals surface area (Å²) in [5.74, 6) is 0.438. The van der Waals surface area contributed by atoms with Gasteiger partial charge in [-0.3, -0.25) is 9.10 Å². The van der Waals surface area contributed by atoms with E-state index in [1.807, 2.05) is 65.0 Å². The first-order valence-electron chi connectivity index (χ1n) is 10.1. The number of benzene rings is 2. The molecule has 2 aromatic rings. The summed E-state index contributed by atoms with van der Waals surface area (Å²) in [6.45, 7) is 9.92. The zero-order valence-electron chi connectivity index (χ0n) is 18.6. The summed E-state index contributed by atoms with van der Waals surface area (Å²) in [5, 5.41) is 2.87. The second-order valence-electron chi connectivity index (χ2n) is 7.78. The second-order valence-corrected chi connectivity index (χ2v) is 9.64. The van der Waals surface area contributed by atoms with Crippen molar-refractivity contribution in [3.05, 3.63) is 59.2 Å². The van der Waals surface area contributed by atoms with E-state index >= 15 is 0 Å². The molecule has 2 aromatic carbocycles. The van der Waals surface area contributed by atoms with Gasteiger partial charge in [-0.1, -0.05) is 25.1 Å². The van der Waals surface area contributed by atoms with Crippen LogP contribution in [0.3, 0.4) is 0 Å². The highest BCUT2D eigenvalue weighted by atomic mass is 32.2. The Morgan fingerprint density at radius 1 is 1.07 bits per heavy atom. The van der Waals surface area contributed by atoms with E-state index in [0.29, 0.717) is 18.7 Å². The van der Waals surface area contributed by atoms with Crippen LogP contribution in [0.15, 0.2) is 42.5 Å². The van der Waals surface area contributed by atoms with Crippen molar-refractivity contribution in [2.75, 3.05) is 10.6 Å². The van der Waals surface area contributed by atoms with Crippen LogP contribution >= 0.6 is 0 Å². The summed E-state index contributed by atoms with van der Waals surface area (Å²) in [6, 6.07) is 12.1. The first kappa shape index (κ1) is 23.7. The Bertz CT molecular complexity index is 969. The number of anilines is 1. The predicted octanol–water partition coefficient (Wildman–Crippen LogP) is 3.95. The molecule has 7 heteroatoms. The Morgan fingerprint density at radius 2 is 1.70 bits per heavy atom. The number of ether oxygens (including phenoxy) is 1. The summed E-state index contributed by atoms with van der Waals surface area (Å²) in [6.07, 6.45) is 1.58. The van der Waals surface area contributed by atoms with E-state index in [2.05, 4.69) is 5.32 Å². The lowest BCUT2D eigenvalue weighted by Gasteiger charge is -2.30. The van der Waals surface area contributed by atoms with Crippen molar-refractivity contribution < 1.29 is 17.9 Å². The van der Waals surface area contributed by atoms with Crippen LogP contribution in [0.2, 0.25) is 0 Å². The molecule has 0 unspecified atom stereocenters. The minimum absolute atomic E-state index is 0.0910. The Morgan fingerprint density at radius 3 is 2.20 bits per heavy atom. The molecule has 0 saturated carbocycles. The molecule has 2 rings (SSSR count). The molecule has 0 aromatic heterocycles. The monoisotopic (exact) mass is 432 g/mol. The van der Waals surface area contributed by atoms with Crippen LogP contribution < -0.4 is 14.4 Å². The number of carbonyl (C=O) groups is 1. The molecule has 1 amide bonds. The highest BCUT2D eigenvalue weighted by Crippen LogP contribution is 2.25. The molecule has 0 bridgehead atoms. The lowest BCUT2D eigenvalue weighted by atomic mass is 10.1. The zero-order chi connectivity index (χ0) is 22.5. The maximum absolute atomic E-state index is 12.9. The van der Waals surface area contributed by atoms with E-state index in [1.54, 1.807) is 12.1 Å². The number of amides is 1. The molecule has 0 aliphatic heterocycles. The molecule has 0 spiro atoms. The maximum atomic E-state index is 12.9. The number of aryl methyl sites for hydroxylation is 2. The molecular formula is C23H32N2O4S. The van der Waals surface area contributed by atoms with E-state index in [4.69, 9.17) is 4.74 Å². The fourth-order valence-electron chi connectivity index (χ4n) is 3.19. The molecule has 0 aliphatic carbocycles. The van der Waals surface area contributed by atoms with Crippen LogP contribution in [0.4, 0.5) is 5.69 Å². The topological polar surface area (TPSA) is 75.7 Å². The first-order chi connectivity index (χ1) is 14.0. The van der Waals surface area contributed by atoms with Crippen molar-refractivity contribution in [1.82, 2.24) is 5.32 Å². The number of sulfonamides is 1. The molecule has 1 N–H and O–H groups in total. The van der Waals surface area contributed by atoms with E-state index < -0.39 is 16.1 Å². The van der Waals surface area contributed by atoms with Gasteiger partial charge in [-0.25, -0.2) is 8.42 Å². The third-order valence-electron chi connectivity index (χ3n) is 4.84. The fourth-order valence-corrected chi connectivity index (χ4v) is 4.39. The Balaban J connectivity index is 2.18. The number of nitrogens with zero attached hydrogens (tertiary/aromatic N) is 1. The minimum atomic E-state index is -3.65. The Labute approximate surface area is 180 Å². The van der Waals surface area contributed by atoms with Crippen molar-refractivity contribution in [3.8, 4) is 5.75 Å². The van der Waals surface area contributed by atoms with Crippen molar-refractivity contribution >= 4 is 21.6 Å². The van der Waals surface area contributed by atoms with Crippen LogP contribution in [0, 0.1) is 13.8 Å². The average Bonchev–Trinajstić information content (AvgIpc) is 2.66. The Hall–Kier alpha value is -2.54. The van der Waals surface area contributed by atoms with Gasteiger partial charge in [0.2, 0.25) is 15.9 Å². The molecule has 6 nitrogen and oxygen atoms in total. The van der Waals surface area contributed by atoms with E-state index in [1.165, 1.54) is 4.31 Å². The molecule has 0 fully saturated rings. The van der Waals surface area contributed by atoms with Gasteiger partial charge in [0.25, 0.3) is 0 Å². The average molecular weight is 433 g/mol. The summed E-state index contributed by atoms with van der Waals surface area (Å²) < 4.78 is 32.0. The summed E-state index contributed by atoms with van der Waals surface area (Å²) in [4.78, 5) is 12.9. The summed E-state index contributed by atoms with van der Waals surface area (Å²) >= 11 is 0. The van der Waals surface area contributed by atoms with E-state index in [9.17, 15) is 13.2 Å². The van der Waals surface area contributed by atoms with Gasteiger partial charge in [0.1, 0.15) is 11.8 Å². The second kappa shape index (κ2) is 9.98. The van der Waals surface area contributed by atoms with E-state index in [-0.39, 0.29) is 12.0 Å². The molecule has 0 radical (unpaired) electrons. The van der Waals surface area contributed by atoms with Gasteiger partial charge in [0.05, 0.1) is 18.0 Å². The highest BCUT2D eigenvalue weighted by molar-refractivity contribution is 7.92. The maximum Gasteiger partial charge on any atom is 0.244 e. The normalized spacial score (nSPS) is 12.5. The van der Waals surface area contributed by atoms with Crippen LogP contribution in [0.25, 0.3) is 0 Å². The summed E-state index contributed by atoms with van der Waals surface area (Å²) in [7, 11) is -3.65. The number of carbonyl (C=O) groups excluding carboxylic acids is 1. The summed E-state index contributed by atoms with van der Waals surface area (Å²) in [5.41, 5.74) is 3.44. The molecule has 0 saturated heterocycles. The smallest absolute Gasteiger partial charge is 0.244 e. The zero-order valence-corrected chi connectivity index (χ0v) is 19.4. The van der Waals surface area contributed by atoms with Gasteiger partial charge >= 0.3 is 0 Å². The van der Waals surface area contributed by atoms with Gasteiger partial charge in [-0.05, 0) is 75.1 Å². The third-order valence-corrected chi connectivity index (χ3v) is 6.02. The van der Waals surface area contributed by atoms with Gasteiger partial charge in [-0.2, -0.15) is 0 Å². The number of nitrogens with one attached hydrogen (secondary N) is 1. The SMILES string of the molecule is CC[C@H](C(=O)NCc1ccc(OC(C)C)cc1)N(c1ccc(C)c(C)c1)S(C)(=O)=O. The molecule has 0 aliphatic rings. The van der Waals surface area contributed by atoms with Crippen LogP contribution in [-0.2, 0) is 21.4 Å². The van der Waals surface area contributed by atoms with Gasteiger partial charge in [0.15, 0.2) is 0 Å². The lowest BCUT2D eigenvalue weighted by molar-refractivity contribution is -0.122. The van der Waals surface area contributed by atoms with Crippen LogP contribution in [0.1, 0.15) is 43.9 Å². The molecule has 30 heavy (non-hydrogen) atoms. The predicted molar refractivity (Wildman–Crippen MR) is 121 cm³/mol. The minimum Gasteiger partial charge on any atom is -0.491 e. The van der Waals surface area contributed by atoms with Crippen molar-refractivity contribution in [3.63, 3.8) is 0 Å². The number of hydrogen-bond donors (Lipinski definition) is 1. The number of hydrogen-bond acceptors (Lipinski definition) is 4. The fraction of sp³-hybridized carbons (Fsp3) is 0.435. The standard InChI is InChI=1S/C23H32N2O4S/c1-7-22(25(30(6,27)28)20-11-8-17(4)18(5)14-20)23(26)24-15-19-9-12-21(13-10-19)29-16(2)3/h8-14,16,22H,7,15H2,1-6H3,(H,24,26)/t22-/m1/s1. The third kappa shape index (κ3) is 6.23. The lowest BCUT2D eigenvalue weighted by Crippen LogP contribution is -2.49. The van der Waals surface area contributed by atoms with E-state index in [0.717, 1.165) is 28.7 Å². The molecule has 0 heterocycles. The van der Waals surface area contributed by atoms with Gasteiger partial charge in [0, 0.05) is 6.54 Å². The first-order valence-corrected chi connectivity index (χ1v) is 12.0. The van der Waals surface area contributed by atoms with Gasteiger partial charge in [-0.15, -0.1) is 0 Å². The molecule has 164 valence electrons. The molecular weight excluding hydrogens is 400 g/mol. The van der Waals surface area contributed by atoms with Crippen molar-refractivity contribution in [1.29, 1.82) is 0 Å². The van der Waals surface area contributed by atoms with Gasteiger partial charge < -0.3 is 10.1 Å². The molecule has 1 atom stereocenters. The van der Waals surface area contributed by atoms with Crippen LogP contribution in [0.5, 0.6) is 5.75 Å².